The Kier molecular flexibility index (Phi) is 14.0. The second-order valence-corrected chi connectivity index (χ2v) is 23.4. The standard InChI is InChI=1S/C51H85N9Si/c1-29-30(2)32(4)48(31(29)3)61(49-42(55(17)18)33(5)39(52(11)12)34(6)43(49)56(19)20,50-44(57(21)22)35(7)40(53(13)14)36(8)45(50)58(23)24)51-46(59(25)26)37(9)41(54(15)16)38(10)47(51)60(27)28/h31H,1-28H3. The van der Waals surface area contributed by atoms with Gasteiger partial charge < -0.3 is 44.1 Å². The Morgan fingerprint density at radius 1 is 0.279 bits per heavy atom. The summed E-state index contributed by atoms with van der Waals surface area (Å²) in [6, 6.07) is 0. The van der Waals surface area contributed by atoms with Crippen molar-refractivity contribution in [2.75, 3.05) is 171 Å². The molecule has 0 amide bonds. The van der Waals surface area contributed by atoms with Gasteiger partial charge in [0.25, 0.3) is 0 Å². The monoisotopic (exact) mass is 852 g/mol. The quantitative estimate of drug-likeness (QED) is 0.129. The molecule has 0 aliphatic heterocycles. The molecule has 1 unspecified atom stereocenters. The van der Waals surface area contributed by atoms with Crippen molar-refractivity contribution in [2.24, 2.45) is 5.92 Å². The number of anilines is 9. The van der Waals surface area contributed by atoms with Crippen molar-refractivity contribution in [3.63, 3.8) is 0 Å². The van der Waals surface area contributed by atoms with Crippen LogP contribution in [0.2, 0.25) is 0 Å². The molecule has 0 spiro atoms. The van der Waals surface area contributed by atoms with Crippen LogP contribution in [0.3, 0.4) is 0 Å². The molecule has 0 saturated carbocycles. The van der Waals surface area contributed by atoms with Gasteiger partial charge >= 0.3 is 0 Å². The summed E-state index contributed by atoms with van der Waals surface area (Å²) in [7, 11) is 37.0. The summed E-state index contributed by atoms with van der Waals surface area (Å²) in [5.41, 5.74) is 23.8. The van der Waals surface area contributed by atoms with E-state index in [1.165, 1.54) is 117 Å². The molecule has 9 nitrogen and oxygen atoms in total. The Bertz CT molecular complexity index is 1950. The molecule has 1 aliphatic rings. The highest BCUT2D eigenvalue weighted by atomic mass is 28.3. The molecular formula is C51H85N9Si. The zero-order chi connectivity index (χ0) is 47.0. The molecule has 0 radical (unpaired) electrons. The van der Waals surface area contributed by atoms with Gasteiger partial charge in [0.05, 0.1) is 0 Å². The first-order chi connectivity index (χ1) is 28.0. The fourth-order valence-corrected chi connectivity index (χ4v) is 19.9. The van der Waals surface area contributed by atoms with Crippen molar-refractivity contribution in [2.45, 2.75) is 69.2 Å². The molecule has 0 aromatic heterocycles. The minimum Gasteiger partial charge on any atom is -0.377 e. The second kappa shape index (κ2) is 17.4. The lowest BCUT2D eigenvalue weighted by atomic mass is 10.0. The fourth-order valence-electron chi connectivity index (χ4n) is 12.2. The fraction of sp³-hybridized carbons (Fsp3) is 0.569. The lowest BCUT2D eigenvalue weighted by molar-refractivity contribution is 0.851. The molecule has 0 N–H and O–H groups in total. The molecule has 10 heteroatoms. The summed E-state index contributed by atoms with van der Waals surface area (Å²) in [4.78, 5) is 21.7. The van der Waals surface area contributed by atoms with Gasteiger partial charge in [-0.15, -0.1) is 0 Å². The third-order valence-corrected chi connectivity index (χ3v) is 19.2. The van der Waals surface area contributed by atoms with Crippen LogP contribution < -0.4 is 59.7 Å². The van der Waals surface area contributed by atoms with Gasteiger partial charge in [-0.1, -0.05) is 23.3 Å². The van der Waals surface area contributed by atoms with Gasteiger partial charge in [0, 0.05) is 194 Å². The maximum absolute atomic E-state index is 3.67. The van der Waals surface area contributed by atoms with E-state index in [-0.39, 0.29) is 5.92 Å². The van der Waals surface area contributed by atoms with E-state index in [1.807, 2.05) is 0 Å². The molecule has 4 rings (SSSR count). The van der Waals surface area contributed by atoms with E-state index in [0.29, 0.717) is 0 Å². The Morgan fingerprint density at radius 3 is 0.590 bits per heavy atom. The van der Waals surface area contributed by atoms with Gasteiger partial charge in [0.15, 0.2) is 8.07 Å². The van der Waals surface area contributed by atoms with Crippen LogP contribution in [0, 0.1) is 47.5 Å². The lowest BCUT2D eigenvalue weighted by Gasteiger charge is -2.50. The Labute approximate surface area is 374 Å². The van der Waals surface area contributed by atoms with Gasteiger partial charge in [-0.05, 0) is 107 Å². The Balaban J connectivity index is 2.95. The Morgan fingerprint density at radius 2 is 0.459 bits per heavy atom. The van der Waals surface area contributed by atoms with Crippen LogP contribution in [-0.2, 0) is 0 Å². The van der Waals surface area contributed by atoms with Crippen LogP contribution in [0.4, 0.5) is 51.2 Å². The highest BCUT2D eigenvalue weighted by molar-refractivity contribution is 7.20. The lowest BCUT2D eigenvalue weighted by Crippen LogP contribution is -2.73. The largest absolute Gasteiger partial charge is 0.377 e. The molecule has 1 aliphatic carbocycles. The molecular weight excluding hydrogens is 767 g/mol. The van der Waals surface area contributed by atoms with Crippen LogP contribution in [0.1, 0.15) is 61.1 Å². The zero-order valence-electron chi connectivity index (χ0n) is 44.1. The van der Waals surface area contributed by atoms with Crippen LogP contribution in [-0.4, -0.2) is 135 Å². The van der Waals surface area contributed by atoms with E-state index >= 15 is 0 Å². The number of hydrogen-bond acceptors (Lipinski definition) is 9. The smallest absolute Gasteiger partial charge is 0.191 e. The second-order valence-electron chi connectivity index (χ2n) is 19.9. The minimum absolute atomic E-state index is 0.184. The van der Waals surface area contributed by atoms with Gasteiger partial charge in [0.2, 0.25) is 0 Å². The molecule has 1 atom stereocenters. The van der Waals surface area contributed by atoms with Crippen LogP contribution >= 0.6 is 0 Å². The average molecular weight is 852 g/mol. The van der Waals surface area contributed by atoms with Crippen LogP contribution in [0.5, 0.6) is 0 Å². The summed E-state index contributed by atoms with van der Waals surface area (Å²) in [5, 5.41) is 5.95. The summed E-state index contributed by atoms with van der Waals surface area (Å²) in [6.07, 6.45) is 0. The van der Waals surface area contributed by atoms with Gasteiger partial charge in [-0.25, -0.2) is 0 Å². The molecule has 0 bridgehead atoms. The number of nitrogens with zero attached hydrogens (tertiary/aromatic N) is 9. The van der Waals surface area contributed by atoms with Crippen molar-refractivity contribution in [1.29, 1.82) is 0 Å². The van der Waals surface area contributed by atoms with Gasteiger partial charge in [0.1, 0.15) is 0 Å². The molecule has 0 heterocycles. The van der Waals surface area contributed by atoms with Crippen molar-refractivity contribution < 1.29 is 0 Å². The zero-order valence-corrected chi connectivity index (χ0v) is 45.1. The maximum atomic E-state index is 2.52. The number of benzene rings is 3. The molecule has 3 aromatic carbocycles. The molecule has 338 valence electrons. The third kappa shape index (κ3) is 7.32. The summed E-state index contributed by atoms with van der Waals surface area (Å²) in [5.74, 6) is 0.184. The molecule has 0 fully saturated rings. The molecule has 0 saturated heterocycles. The molecule has 3 aromatic rings. The first-order valence-corrected chi connectivity index (χ1v) is 24.0. The highest BCUT2D eigenvalue weighted by Crippen LogP contribution is 2.52. The first-order valence-electron chi connectivity index (χ1n) is 22.0. The van der Waals surface area contributed by atoms with Crippen LogP contribution in [0.15, 0.2) is 21.9 Å². The van der Waals surface area contributed by atoms with Gasteiger partial charge in [-0.2, -0.15) is 0 Å². The molecule has 61 heavy (non-hydrogen) atoms. The van der Waals surface area contributed by atoms with E-state index in [9.17, 15) is 0 Å². The van der Waals surface area contributed by atoms with Crippen molar-refractivity contribution in [3.05, 3.63) is 55.3 Å². The van der Waals surface area contributed by atoms with Crippen LogP contribution in [0.25, 0.3) is 0 Å². The number of hydrogen-bond donors (Lipinski definition) is 0. The Hall–Kier alpha value is -4.44. The highest BCUT2D eigenvalue weighted by Gasteiger charge is 2.58. The van der Waals surface area contributed by atoms with Crippen molar-refractivity contribution >= 4 is 74.8 Å². The van der Waals surface area contributed by atoms with E-state index < -0.39 is 8.07 Å². The van der Waals surface area contributed by atoms with E-state index in [2.05, 4.69) is 240 Å². The number of allylic oxidation sites excluding steroid dienone is 4. The topological polar surface area (TPSA) is 29.2 Å². The SMILES string of the molecule is CC1=C(C)C(C)C([Si](c2c(N(C)C)c(C)c(N(C)C)c(C)c2N(C)C)(c2c(N(C)C)c(C)c(N(C)C)c(C)c2N(C)C)c2c(N(C)C)c(C)c(N(C)C)c(C)c2N(C)C)=C1C. The predicted molar refractivity (Wildman–Crippen MR) is 282 cm³/mol. The minimum atomic E-state index is -3.67. The first kappa shape index (κ1) is 49.2. The summed E-state index contributed by atoms with van der Waals surface area (Å²) >= 11 is 0. The number of rotatable bonds is 13. The summed E-state index contributed by atoms with van der Waals surface area (Å²) in [6.45, 7) is 24.0. The van der Waals surface area contributed by atoms with E-state index in [4.69, 9.17) is 0 Å². The maximum Gasteiger partial charge on any atom is 0.191 e. The normalized spacial score (nSPS) is 14.3. The third-order valence-electron chi connectivity index (χ3n) is 13.9. The van der Waals surface area contributed by atoms with E-state index in [1.54, 1.807) is 5.20 Å². The summed E-state index contributed by atoms with van der Waals surface area (Å²) < 4.78 is 0. The van der Waals surface area contributed by atoms with Gasteiger partial charge in [-0.3, -0.25) is 0 Å². The van der Waals surface area contributed by atoms with Crippen molar-refractivity contribution in [1.82, 2.24) is 0 Å². The van der Waals surface area contributed by atoms with E-state index in [0.717, 1.165) is 0 Å². The van der Waals surface area contributed by atoms with Crippen molar-refractivity contribution in [3.8, 4) is 0 Å². The predicted octanol–water partition coefficient (Wildman–Crippen LogP) is 7.44. The average Bonchev–Trinajstić information content (AvgIpc) is 3.28.